The van der Waals surface area contributed by atoms with E-state index in [1.165, 1.54) is 0 Å². The zero-order valence-electron chi connectivity index (χ0n) is 17.6. The van der Waals surface area contributed by atoms with Crippen LogP contribution in [0.15, 0.2) is 65.2 Å². The SMILES string of the molecule is Cc1cc(C)cc(OCc2ccc(C(=O)Nc3nn(Cc4ccccc4Cl)cc3Cl)o2)c1. The van der Waals surface area contributed by atoms with Crippen LogP contribution in [0.1, 0.15) is 33.0 Å². The van der Waals surface area contributed by atoms with E-state index in [0.29, 0.717) is 22.4 Å². The minimum absolute atomic E-state index is 0.140. The lowest BCUT2D eigenvalue weighted by molar-refractivity contribution is 0.0992. The molecule has 0 aliphatic rings. The fourth-order valence-corrected chi connectivity index (χ4v) is 3.67. The number of aryl methyl sites for hydroxylation is 2. The van der Waals surface area contributed by atoms with Gasteiger partial charge in [-0.3, -0.25) is 9.48 Å². The zero-order chi connectivity index (χ0) is 22.7. The molecule has 0 aliphatic carbocycles. The summed E-state index contributed by atoms with van der Waals surface area (Å²) in [6, 6.07) is 16.7. The second-order valence-electron chi connectivity index (χ2n) is 7.45. The molecule has 0 saturated carbocycles. The number of hydrogen-bond acceptors (Lipinski definition) is 4. The molecule has 1 amide bonds. The summed E-state index contributed by atoms with van der Waals surface area (Å²) < 4.78 is 13.0. The molecule has 6 nitrogen and oxygen atoms in total. The van der Waals surface area contributed by atoms with Crippen molar-refractivity contribution >= 4 is 34.9 Å². The molecule has 8 heteroatoms. The monoisotopic (exact) mass is 469 g/mol. The van der Waals surface area contributed by atoms with Gasteiger partial charge in [0.2, 0.25) is 0 Å². The van der Waals surface area contributed by atoms with Gasteiger partial charge in [0.1, 0.15) is 23.1 Å². The molecule has 0 saturated heterocycles. The average Bonchev–Trinajstić information content (AvgIpc) is 3.34. The fourth-order valence-electron chi connectivity index (χ4n) is 3.28. The molecular formula is C24H21Cl2N3O3. The number of rotatable bonds is 7. The van der Waals surface area contributed by atoms with Crippen molar-refractivity contribution in [2.75, 3.05) is 5.32 Å². The minimum atomic E-state index is -0.451. The van der Waals surface area contributed by atoms with Gasteiger partial charge in [-0.2, -0.15) is 5.10 Å². The number of furan rings is 1. The van der Waals surface area contributed by atoms with Gasteiger partial charge in [-0.15, -0.1) is 0 Å². The smallest absolute Gasteiger partial charge is 0.292 e. The Kier molecular flexibility index (Phi) is 6.53. The number of carbonyl (C=O) groups is 1. The van der Waals surface area contributed by atoms with E-state index in [0.717, 1.165) is 22.4 Å². The summed E-state index contributed by atoms with van der Waals surface area (Å²) in [7, 11) is 0. The summed E-state index contributed by atoms with van der Waals surface area (Å²) in [6.07, 6.45) is 1.63. The van der Waals surface area contributed by atoms with Crippen molar-refractivity contribution in [1.29, 1.82) is 0 Å². The van der Waals surface area contributed by atoms with Crippen LogP contribution in [0, 0.1) is 13.8 Å². The maximum absolute atomic E-state index is 12.6. The molecule has 4 rings (SSSR count). The standard InChI is InChI=1S/C24H21Cl2N3O3/c1-15-9-16(2)11-19(10-15)31-14-18-7-8-22(32-18)24(30)27-23-21(26)13-29(28-23)12-17-5-3-4-6-20(17)25/h3-11,13H,12,14H2,1-2H3,(H,27,28,30). The summed E-state index contributed by atoms with van der Waals surface area (Å²) in [5.41, 5.74) is 3.13. The van der Waals surface area contributed by atoms with Gasteiger partial charge >= 0.3 is 0 Å². The van der Waals surface area contributed by atoms with Gasteiger partial charge in [0.15, 0.2) is 11.6 Å². The third kappa shape index (κ3) is 5.33. The van der Waals surface area contributed by atoms with Crippen LogP contribution in [0.5, 0.6) is 5.75 Å². The summed E-state index contributed by atoms with van der Waals surface area (Å²) in [5, 5.41) is 7.97. The Labute approximate surface area is 195 Å². The van der Waals surface area contributed by atoms with Crippen LogP contribution in [-0.2, 0) is 13.2 Å². The minimum Gasteiger partial charge on any atom is -0.486 e. The third-order valence-corrected chi connectivity index (χ3v) is 5.35. The van der Waals surface area contributed by atoms with Crippen molar-refractivity contribution in [3.63, 3.8) is 0 Å². The van der Waals surface area contributed by atoms with Crippen molar-refractivity contribution in [2.45, 2.75) is 27.0 Å². The van der Waals surface area contributed by atoms with Crippen molar-refractivity contribution in [3.8, 4) is 5.75 Å². The van der Waals surface area contributed by atoms with E-state index >= 15 is 0 Å². The van der Waals surface area contributed by atoms with Crippen LogP contribution < -0.4 is 10.1 Å². The number of hydrogen-bond donors (Lipinski definition) is 1. The fraction of sp³-hybridized carbons (Fsp3) is 0.167. The van der Waals surface area contributed by atoms with E-state index in [-0.39, 0.29) is 18.2 Å². The number of halogens is 2. The Morgan fingerprint density at radius 1 is 1.06 bits per heavy atom. The van der Waals surface area contributed by atoms with Gasteiger partial charge < -0.3 is 14.5 Å². The Morgan fingerprint density at radius 2 is 1.81 bits per heavy atom. The Bertz CT molecular complexity index is 1240. The largest absolute Gasteiger partial charge is 0.486 e. The van der Waals surface area contributed by atoms with Crippen molar-refractivity contribution < 1.29 is 13.9 Å². The lowest BCUT2D eigenvalue weighted by Gasteiger charge is -2.06. The highest BCUT2D eigenvalue weighted by Gasteiger charge is 2.16. The first-order valence-electron chi connectivity index (χ1n) is 9.95. The van der Waals surface area contributed by atoms with Gasteiger partial charge in [-0.1, -0.05) is 47.5 Å². The molecular weight excluding hydrogens is 449 g/mol. The summed E-state index contributed by atoms with van der Waals surface area (Å²) in [4.78, 5) is 12.6. The van der Waals surface area contributed by atoms with Crippen molar-refractivity contribution in [2.24, 2.45) is 0 Å². The first-order valence-corrected chi connectivity index (χ1v) is 10.7. The second kappa shape index (κ2) is 9.51. The lowest BCUT2D eigenvalue weighted by Crippen LogP contribution is -2.12. The van der Waals surface area contributed by atoms with Crippen LogP contribution in [0.2, 0.25) is 10.0 Å². The normalized spacial score (nSPS) is 10.9. The topological polar surface area (TPSA) is 69.3 Å². The van der Waals surface area contributed by atoms with Gasteiger partial charge in [0.25, 0.3) is 5.91 Å². The summed E-state index contributed by atoms with van der Waals surface area (Å²) in [5.74, 6) is 1.21. The molecule has 0 bridgehead atoms. The molecule has 0 spiro atoms. The van der Waals surface area contributed by atoms with Crippen LogP contribution >= 0.6 is 23.2 Å². The van der Waals surface area contributed by atoms with Gasteiger partial charge in [0.05, 0.1) is 6.54 Å². The Hall–Kier alpha value is -3.22. The maximum atomic E-state index is 12.6. The highest BCUT2D eigenvalue weighted by molar-refractivity contribution is 6.33. The summed E-state index contributed by atoms with van der Waals surface area (Å²) in [6.45, 7) is 4.66. The number of carbonyl (C=O) groups excluding carboxylic acids is 1. The van der Waals surface area contributed by atoms with Gasteiger partial charge in [-0.05, 0) is 60.9 Å². The predicted molar refractivity (Wildman–Crippen MR) is 125 cm³/mol. The molecule has 0 unspecified atom stereocenters. The molecule has 0 fully saturated rings. The molecule has 0 aliphatic heterocycles. The molecule has 2 aromatic heterocycles. The quantitative estimate of drug-likeness (QED) is 0.345. The van der Waals surface area contributed by atoms with Crippen molar-refractivity contribution in [1.82, 2.24) is 9.78 Å². The van der Waals surface area contributed by atoms with Crippen LogP contribution in [0.25, 0.3) is 0 Å². The lowest BCUT2D eigenvalue weighted by atomic mass is 10.1. The third-order valence-electron chi connectivity index (χ3n) is 4.70. The number of aromatic nitrogens is 2. The molecule has 1 N–H and O–H groups in total. The first kappa shape index (κ1) is 22.0. The Balaban J connectivity index is 1.39. The van der Waals surface area contributed by atoms with Crippen molar-refractivity contribution in [3.05, 3.63) is 99.1 Å². The number of ether oxygens (including phenoxy) is 1. The van der Waals surface area contributed by atoms with E-state index in [9.17, 15) is 4.79 Å². The van der Waals surface area contributed by atoms with E-state index in [1.54, 1.807) is 23.0 Å². The predicted octanol–water partition coefficient (Wildman–Crippen LogP) is 6.28. The molecule has 164 valence electrons. The van der Waals surface area contributed by atoms with E-state index in [4.69, 9.17) is 32.4 Å². The highest BCUT2D eigenvalue weighted by atomic mass is 35.5. The second-order valence-corrected chi connectivity index (χ2v) is 8.26. The van der Waals surface area contributed by atoms with Crippen LogP contribution in [-0.4, -0.2) is 15.7 Å². The van der Waals surface area contributed by atoms with Crippen LogP contribution in [0.4, 0.5) is 5.82 Å². The molecule has 4 aromatic rings. The number of amides is 1. The molecule has 32 heavy (non-hydrogen) atoms. The molecule has 0 atom stereocenters. The number of nitrogens with one attached hydrogen (secondary N) is 1. The zero-order valence-corrected chi connectivity index (χ0v) is 19.1. The number of anilines is 1. The van der Waals surface area contributed by atoms with Crippen LogP contribution in [0.3, 0.4) is 0 Å². The van der Waals surface area contributed by atoms with E-state index in [1.807, 2.05) is 50.2 Å². The van der Waals surface area contributed by atoms with Gasteiger partial charge in [-0.25, -0.2) is 0 Å². The highest BCUT2D eigenvalue weighted by Crippen LogP contribution is 2.23. The van der Waals surface area contributed by atoms with E-state index < -0.39 is 5.91 Å². The molecule has 2 aromatic carbocycles. The van der Waals surface area contributed by atoms with Gasteiger partial charge in [0, 0.05) is 11.2 Å². The first-order chi connectivity index (χ1) is 15.4. The Morgan fingerprint density at radius 3 is 2.56 bits per heavy atom. The van der Waals surface area contributed by atoms with E-state index in [2.05, 4.69) is 16.5 Å². The molecule has 2 heterocycles. The number of nitrogens with zero attached hydrogens (tertiary/aromatic N) is 2. The average molecular weight is 470 g/mol. The number of benzene rings is 2. The summed E-state index contributed by atoms with van der Waals surface area (Å²) >= 11 is 12.5. The molecule has 0 radical (unpaired) electrons. The maximum Gasteiger partial charge on any atom is 0.292 e.